The van der Waals surface area contributed by atoms with Crippen LogP contribution in [0.15, 0.2) is 0 Å². The molecule has 0 spiro atoms. The predicted molar refractivity (Wildman–Crippen MR) is 69.2 cm³/mol. The minimum atomic E-state index is -4.98. The molecule has 1 aromatic heterocycles. The van der Waals surface area contributed by atoms with Crippen molar-refractivity contribution in [2.24, 2.45) is 5.92 Å². The Balaban J connectivity index is 1.85. The van der Waals surface area contributed by atoms with Crippen LogP contribution in [0.25, 0.3) is 0 Å². The molecule has 0 aliphatic heterocycles. The van der Waals surface area contributed by atoms with Crippen molar-refractivity contribution in [3.8, 4) is 0 Å². The molecule has 0 amide bonds. The Bertz CT molecular complexity index is 652. The summed E-state index contributed by atoms with van der Waals surface area (Å²) < 4.78 is 96.2. The van der Waals surface area contributed by atoms with Crippen molar-refractivity contribution in [3.05, 3.63) is 17.0 Å². The number of fused-ring (bicyclic) bond motifs is 1. The largest absolute Gasteiger partial charge is 0.435 e. The Morgan fingerprint density at radius 2 is 1.88 bits per heavy atom. The highest BCUT2D eigenvalue weighted by molar-refractivity contribution is 5.38. The number of ether oxygens (including phenoxy) is 1. The lowest BCUT2D eigenvalue weighted by Gasteiger charge is -2.39. The molecule has 142 valence electrons. The van der Waals surface area contributed by atoms with Gasteiger partial charge < -0.3 is 9.84 Å². The molecule has 1 N–H and O–H groups in total. The van der Waals surface area contributed by atoms with Crippen molar-refractivity contribution < 1.29 is 40.6 Å². The maximum absolute atomic E-state index is 13.7. The Morgan fingerprint density at radius 1 is 1.28 bits per heavy atom. The zero-order chi connectivity index (χ0) is 18.7. The Morgan fingerprint density at radius 3 is 2.40 bits per heavy atom. The SMILES string of the molecule is CC(OC(F)F)C1CC(n2nc(C(F)(F)F)c3c2CC(F)(F)[C@H]3O)C1. The normalized spacial score (nSPS) is 29.6. The molecule has 1 unspecified atom stereocenters. The first-order chi connectivity index (χ1) is 11.4. The van der Waals surface area contributed by atoms with Crippen LogP contribution >= 0.6 is 0 Å². The van der Waals surface area contributed by atoms with Crippen molar-refractivity contribution in [1.29, 1.82) is 0 Å². The highest BCUT2D eigenvalue weighted by Gasteiger charge is 2.55. The molecule has 0 bridgehead atoms. The van der Waals surface area contributed by atoms with E-state index in [0.29, 0.717) is 0 Å². The summed E-state index contributed by atoms with van der Waals surface area (Å²) >= 11 is 0. The van der Waals surface area contributed by atoms with Crippen LogP contribution in [0, 0.1) is 5.92 Å². The van der Waals surface area contributed by atoms with Crippen molar-refractivity contribution in [3.63, 3.8) is 0 Å². The number of nitrogens with zero attached hydrogens (tertiary/aromatic N) is 2. The van der Waals surface area contributed by atoms with Gasteiger partial charge in [-0.3, -0.25) is 4.68 Å². The summed E-state index contributed by atoms with van der Waals surface area (Å²) in [5.74, 6) is -4.04. The van der Waals surface area contributed by atoms with Gasteiger partial charge >= 0.3 is 12.8 Å². The number of aliphatic hydroxyl groups is 1. The van der Waals surface area contributed by atoms with E-state index in [0.717, 1.165) is 4.68 Å². The third-order valence-corrected chi connectivity index (χ3v) is 4.87. The van der Waals surface area contributed by atoms with E-state index < -0.39 is 54.6 Å². The first-order valence-electron chi connectivity index (χ1n) is 7.59. The highest BCUT2D eigenvalue weighted by atomic mass is 19.4. The molecule has 1 heterocycles. The quantitative estimate of drug-likeness (QED) is 0.816. The number of aliphatic hydroxyl groups excluding tert-OH is 1. The van der Waals surface area contributed by atoms with E-state index in [1.165, 1.54) is 6.92 Å². The molecule has 2 aliphatic carbocycles. The zero-order valence-corrected chi connectivity index (χ0v) is 12.9. The van der Waals surface area contributed by atoms with Gasteiger partial charge in [-0.25, -0.2) is 8.78 Å². The van der Waals surface area contributed by atoms with Crippen LogP contribution < -0.4 is 0 Å². The smallest absolute Gasteiger partial charge is 0.382 e. The van der Waals surface area contributed by atoms with Crippen molar-refractivity contribution in [2.45, 2.75) is 63.1 Å². The van der Waals surface area contributed by atoms with E-state index in [2.05, 4.69) is 9.84 Å². The van der Waals surface area contributed by atoms with Crippen LogP contribution in [-0.4, -0.2) is 33.5 Å². The molecule has 4 nitrogen and oxygen atoms in total. The fourth-order valence-electron chi connectivity index (χ4n) is 3.47. The Kier molecular flexibility index (Phi) is 4.30. The van der Waals surface area contributed by atoms with E-state index in [1.54, 1.807) is 0 Å². The van der Waals surface area contributed by atoms with Gasteiger partial charge in [-0.05, 0) is 25.7 Å². The topological polar surface area (TPSA) is 47.3 Å². The molecule has 1 aromatic rings. The van der Waals surface area contributed by atoms with Crippen LogP contribution in [0.1, 0.15) is 48.9 Å². The fourth-order valence-corrected chi connectivity index (χ4v) is 3.47. The summed E-state index contributed by atoms with van der Waals surface area (Å²) in [7, 11) is 0. The van der Waals surface area contributed by atoms with E-state index >= 15 is 0 Å². The molecule has 3 rings (SSSR count). The van der Waals surface area contributed by atoms with Crippen LogP contribution in [0.5, 0.6) is 0 Å². The summed E-state index contributed by atoms with van der Waals surface area (Å²) in [6.45, 7) is -1.55. The molecule has 25 heavy (non-hydrogen) atoms. The average molecular weight is 376 g/mol. The maximum atomic E-state index is 13.7. The number of halogens is 7. The van der Waals surface area contributed by atoms with Gasteiger partial charge in [0.1, 0.15) is 6.10 Å². The third kappa shape index (κ3) is 3.12. The monoisotopic (exact) mass is 376 g/mol. The standard InChI is InChI=1S/C14H15F7N2O2/c1-5(25-12(15)16)6-2-7(3-6)23-8-4-13(17,18)11(24)9(8)10(22-23)14(19,20)21/h5-7,11-12,24H,2-4H2,1H3/t5?,6?,7?,11-/m0/s1. The van der Waals surface area contributed by atoms with Gasteiger partial charge in [-0.1, -0.05) is 0 Å². The summed E-state index contributed by atoms with van der Waals surface area (Å²) in [6, 6.07) is -0.625. The van der Waals surface area contributed by atoms with Gasteiger partial charge in [0.25, 0.3) is 5.92 Å². The van der Waals surface area contributed by atoms with Gasteiger partial charge in [0.05, 0.1) is 24.3 Å². The fraction of sp³-hybridized carbons (Fsp3) is 0.786. The lowest BCUT2D eigenvalue weighted by Crippen LogP contribution is -2.37. The van der Waals surface area contributed by atoms with Crippen molar-refractivity contribution in [1.82, 2.24) is 9.78 Å². The van der Waals surface area contributed by atoms with E-state index in [-0.39, 0.29) is 24.5 Å². The second-order valence-corrected chi connectivity index (χ2v) is 6.48. The van der Waals surface area contributed by atoms with Gasteiger partial charge in [0.2, 0.25) is 0 Å². The summed E-state index contributed by atoms with van der Waals surface area (Å²) in [5.41, 5.74) is -2.76. The van der Waals surface area contributed by atoms with Gasteiger partial charge in [0, 0.05) is 5.56 Å². The second kappa shape index (κ2) is 5.83. The summed E-state index contributed by atoms with van der Waals surface area (Å²) in [4.78, 5) is 0. The molecule has 1 fully saturated rings. The van der Waals surface area contributed by atoms with Crippen LogP contribution in [0.2, 0.25) is 0 Å². The van der Waals surface area contributed by atoms with E-state index in [1.807, 2.05) is 0 Å². The summed E-state index contributed by atoms with van der Waals surface area (Å²) in [6.07, 6.45) is -9.04. The van der Waals surface area contributed by atoms with Gasteiger partial charge in [-0.2, -0.15) is 27.1 Å². The first-order valence-corrected chi connectivity index (χ1v) is 7.59. The highest BCUT2D eigenvalue weighted by Crippen LogP contribution is 2.51. The lowest BCUT2D eigenvalue weighted by molar-refractivity contribution is -0.181. The number of alkyl halides is 7. The molecular formula is C14H15F7N2O2. The Hall–Kier alpha value is -1.36. The van der Waals surface area contributed by atoms with Crippen molar-refractivity contribution >= 4 is 0 Å². The molecule has 2 atom stereocenters. The number of hydrogen-bond donors (Lipinski definition) is 1. The minimum Gasteiger partial charge on any atom is -0.382 e. The van der Waals surface area contributed by atoms with Gasteiger partial charge in [0.15, 0.2) is 5.69 Å². The molecular weight excluding hydrogens is 361 g/mol. The maximum Gasteiger partial charge on any atom is 0.435 e. The lowest BCUT2D eigenvalue weighted by atomic mass is 9.77. The second-order valence-electron chi connectivity index (χ2n) is 6.48. The van der Waals surface area contributed by atoms with Crippen molar-refractivity contribution in [2.75, 3.05) is 0 Å². The zero-order valence-electron chi connectivity index (χ0n) is 12.9. The molecule has 11 heteroatoms. The number of rotatable bonds is 4. The van der Waals surface area contributed by atoms with E-state index in [4.69, 9.17) is 0 Å². The molecule has 0 saturated heterocycles. The van der Waals surface area contributed by atoms with E-state index in [9.17, 15) is 35.8 Å². The predicted octanol–water partition coefficient (Wildman–Crippen LogP) is 3.71. The first kappa shape index (κ1) is 18.4. The van der Waals surface area contributed by atoms with Crippen LogP contribution in [0.4, 0.5) is 30.7 Å². The molecule has 2 aliphatic rings. The number of hydrogen-bond acceptors (Lipinski definition) is 3. The summed E-state index contributed by atoms with van der Waals surface area (Å²) in [5, 5.41) is 13.0. The Labute approximate surface area is 137 Å². The molecule has 1 saturated carbocycles. The van der Waals surface area contributed by atoms with Crippen LogP contribution in [0.3, 0.4) is 0 Å². The molecule has 0 radical (unpaired) electrons. The van der Waals surface area contributed by atoms with Gasteiger partial charge in [-0.15, -0.1) is 0 Å². The number of aromatic nitrogens is 2. The minimum absolute atomic E-state index is 0.182. The third-order valence-electron chi connectivity index (χ3n) is 4.87. The van der Waals surface area contributed by atoms with Crippen LogP contribution in [-0.2, 0) is 17.3 Å². The molecule has 0 aromatic carbocycles. The average Bonchev–Trinajstić information content (AvgIpc) is 2.83.